The predicted molar refractivity (Wildman–Crippen MR) is 73.1 cm³/mol. The van der Waals surface area contributed by atoms with Gasteiger partial charge in [0.15, 0.2) is 0 Å². The van der Waals surface area contributed by atoms with Crippen molar-refractivity contribution >= 4 is 0 Å². The van der Waals surface area contributed by atoms with Gasteiger partial charge in [-0.15, -0.1) is 0 Å². The average Bonchev–Trinajstić information content (AvgIpc) is 2.35. The predicted octanol–water partition coefficient (Wildman–Crippen LogP) is 3.05. The number of aliphatic hydroxyl groups is 1. The van der Waals surface area contributed by atoms with Crippen LogP contribution in [-0.4, -0.2) is 18.3 Å². The second kappa shape index (κ2) is 6.18. The first kappa shape index (κ1) is 14.2. The molecule has 1 rings (SSSR count). The SMILES string of the molecule is CCC(C)(CO)CN[C@@H](C)c1cccc(C)c1. The lowest BCUT2D eigenvalue weighted by Crippen LogP contribution is -2.35. The molecular formula is C15H25NO. The first-order valence-electron chi connectivity index (χ1n) is 6.41. The van der Waals surface area contributed by atoms with E-state index in [9.17, 15) is 5.11 Å². The second-order valence-electron chi connectivity index (χ2n) is 5.34. The van der Waals surface area contributed by atoms with Gasteiger partial charge in [0.05, 0.1) is 0 Å². The van der Waals surface area contributed by atoms with E-state index in [1.807, 2.05) is 0 Å². The number of hydrogen-bond donors (Lipinski definition) is 2. The Labute approximate surface area is 105 Å². The summed E-state index contributed by atoms with van der Waals surface area (Å²) >= 11 is 0. The van der Waals surface area contributed by atoms with Crippen LogP contribution in [0.15, 0.2) is 24.3 Å². The van der Waals surface area contributed by atoms with Gasteiger partial charge in [-0.05, 0) is 25.8 Å². The Kier molecular flexibility index (Phi) is 5.16. The van der Waals surface area contributed by atoms with E-state index in [0.717, 1.165) is 13.0 Å². The molecule has 0 aliphatic carbocycles. The summed E-state index contributed by atoms with van der Waals surface area (Å²) < 4.78 is 0. The van der Waals surface area contributed by atoms with Crippen molar-refractivity contribution in [1.82, 2.24) is 5.32 Å². The maximum absolute atomic E-state index is 9.37. The first-order valence-corrected chi connectivity index (χ1v) is 6.41. The van der Waals surface area contributed by atoms with E-state index in [2.05, 4.69) is 57.3 Å². The summed E-state index contributed by atoms with van der Waals surface area (Å²) in [6, 6.07) is 8.88. The van der Waals surface area contributed by atoms with Crippen molar-refractivity contribution in [2.45, 2.75) is 40.2 Å². The maximum Gasteiger partial charge on any atom is 0.0496 e. The second-order valence-corrected chi connectivity index (χ2v) is 5.34. The van der Waals surface area contributed by atoms with E-state index in [4.69, 9.17) is 0 Å². The topological polar surface area (TPSA) is 32.3 Å². The Bertz CT molecular complexity index is 345. The van der Waals surface area contributed by atoms with E-state index in [0.29, 0.717) is 6.04 Å². The minimum absolute atomic E-state index is 0.0158. The molecule has 0 bridgehead atoms. The standard InChI is InChI=1S/C15H25NO/c1-5-15(4,11-17)10-16-13(3)14-8-6-7-12(2)9-14/h6-9,13,16-17H,5,10-11H2,1-4H3/t13-,15?/m0/s1. The number of aliphatic hydroxyl groups excluding tert-OH is 1. The van der Waals surface area contributed by atoms with Gasteiger partial charge in [-0.3, -0.25) is 0 Å². The summed E-state index contributed by atoms with van der Waals surface area (Å²) in [6.45, 7) is 9.59. The fourth-order valence-electron chi connectivity index (χ4n) is 1.75. The molecule has 1 unspecified atom stereocenters. The van der Waals surface area contributed by atoms with E-state index in [1.54, 1.807) is 0 Å². The highest BCUT2D eigenvalue weighted by molar-refractivity contribution is 5.24. The molecule has 0 aliphatic heterocycles. The molecule has 2 atom stereocenters. The highest BCUT2D eigenvalue weighted by Gasteiger charge is 2.21. The molecule has 0 spiro atoms. The number of aryl methyl sites for hydroxylation is 1. The summed E-state index contributed by atoms with van der Waals surface area (Å²) in [5, 5.41) is 12.9. The van der Waals surface area contributed by atoms with Crippen molar-refractivity contribution in [2.24, 2.45) is 5.41 Å². The Hall–Kier alpha value is -0.860. The largest absolute Gasteiger partial charge is 0.396 e. The number of hydrogen-bond acceptors (Lipinski definition) is 2. The molecule has 0 aromatic heterocycles. The van der Waals surface area contributed by atoms with Gasteiger partial charge in [0.2, 0.25) is 0 Å². The van der Waals surface area contributed by atoms with Crippen molar-refractivity contribution in [3.05, 3.63) is 35.4 Å². The molecule has 0 amide bonds. The third kappa shape index (κ3) is 4.14. The Balaban J connectivity index is 2.58. The Morgan fingerprint density at radius 1 is 1.41 bits per heavy atom. The molecule has 96 valence electrons. The van der Waals surface area contributed by atoms with Crippen molar-refractivity contribution < 1.29 is 5.11 Å². The van der Waals surface area contributed by atoms with E-state index in [-0.39, 0.29) is 12.0 Å². The van der Waals surface area contributed by atoms with Gasteiger partial charge < -0.3 is 10.4 Å². The molecule has 0 aliphatic rings. The quantitative estimate of drug-likeness (QED) is 0.794. The van der Waals surface area contributed by atoms with E-state index in [1.165, 1.54) is 11.1 Å². The molecule has 0 fully saturated rings. The minimum Gasteiger partial charge on any atom is -0.396 e. The number of benzene rings is 1. The molecule has 17 heavy (non-hydrogen) atoms. The van der Waals surface area contributed by atoms with E-state index >= 15 is 0 Å². The lowest BCUT2D eigenvalue weighted by molar-refractivity contribution is 0.132. The molecule has 0 radical (unpaired) electrons. The summed E-state index contributed by atoms with van der Waals surface area (Å²) in [4.78, 5) is 0. The van der Waals surface area contributed by atoms with Gasteiger partial charge in [0.1, 0.15) is 0 Å². The van der Waals surface area contributed by atoms with Gasteiger partial charge in [0, 0.05) is 24.6 Å². The molecule has 2 nitrogen and oxygen atoms in total. The summed E-state index contributed by atoms with van der Waals surface area (Å²) in [5.41, 5.74) is 2.58. The monoisotopic (exact) mass is 235 g/mol. The van der Waals surface area contributed by atoms with Crippen molar-refractivity contribution in [2.75, 3.05) is 13.2 Å². The van der Waals surface area contributed by atoms with Crippen LogP contribution < -0.4 is 5.32 Å². The van der Waals surface area contributed by atoms with Crippen molar-refractivity contribution in [1.29, 1.82) is 0 Å². The van der Waals surface area contributed by atoms with Crippen LogP contribution in [0.1, 0.15) is 44.4 Å². The molecule has 1 aromatic rings. The maximum atomic E-state index is 9.37. The molecule has 0 heterocycles. The summed E-state index contributed by atoms with van der Waals surface area (Å²) in [6.07, 6.45) is 0.983. The normalized spacial score (nSPS) is 16.5. The molecule has 1 aromatic carbocycles. The molecule has 2 heteroatoms. The molecular weight excluding hydrogens is 210 g/mol. The summed E-state index contributed by atoms with van der Waals surface area (Å²) in [7, 11) is 0. The summed E-state index contributed by atoms with van der Waals surface area (Å²) in [5.74, 6) is 0. The van der Waals surface area contributed by atoms with Gasteiger partial charge >= 0.3 is 0 Å². The zero-order chi connectivity index (χ0) is 12.9. The molecule has 0 saturated heterocycles. The van der Waals surface area contributed by atoms with Crippen LogP contribution >= 0.6 is 0 Å². The Morgan fingerprint density at radius 3 is 2.65 bits per heavy atom. The average molecular weight is 235 g/mol. The smallest absolute Gasteiger partial charge is 0.0496 e. The van der Waals surface area contributed by atoms with Crippen LogP contribution in [0.3, 0.4) is 0 Å². The highest BCUT2D eigenvalue weighted by Crippen LogP contribution is 2.21. The van der Waals surface area contributed by atoms with Gasteiger partial charge in [-0.25, -0.2) is 0 Å². The third-order valence-corrected chi connectivity index (χ3v) is 3.61. The zero-order valence-corrected chi connectivity index (χ0v) is 11.5. The van der Waals surface area contributed by atoms with Crippen LogP contribution in [0.4, 0.5) is 0 Å². The van der Waals surface area contributed by atoms with Crippen LogP contribution in [0, 0.1) is 12.3 Å². The number of nitrogens with one attached hydrogen (secondary N) is 1. The highest BCUT2D eigenvalue weighted by atomic mass is 16.3. The Morgan fingerprint density at radius 2 is 2.12 bits per heavy atom. The lowest BCUT2D eigenvalue weighted by Gasteiger charge is -2.28. The van der Waals surface area contributed by atoms with Crippen LogP contribution in [0.2, 0.25) is 0 Å². The van der Waals surface area contributed by atoms with Crippen LogP contribution in [0.25, 0.3) is 0 Å². The minimum atomic E-state index is -0.0158. The third-order valence-electron chi connectivity index (χ3n) is 3.61. The van der Waals surface area contributed by atoms with Crippen molar-refractivity contribution in [3.8, 4) is 0 Å². The molecule has 0 saturated carbocycles. The molecule has 2 N–H and O–H groups in total. The van der Waals surface area contributed by atoms with Crippen LogP contribution in [0.5, 0.6) is 0 Å². The van der Waals surface area contributed by atoms with Crippen molar-refractivity contribution in [3.63, 3.8) is 0 Å². The van der Waals surface area contributed by atoms with Crippen LogP contribution in [-0.2, 0) is 0 Å². The van der Waals surface area contributed by atoms with Gasteiger partial charge in [-0.1, -0.05) is 43.7 Å². The number of rotatable bonds is 6. The van der Waals surface area contributed by atoms with Gasteiger partial charge in [-0.2, -0.15) is 0 Å². The zero-order valence-electron chi connectivity index (χ0n) is 11.5. The van der Waals surface area contributed by atoms with E-state index < -0.39 is 0 Å². The lowest BCUT2D eigenvalue weighted by atomic mass is 9.88. The fourth-order valence-corrected chi connectivity index (χ4v) is 1.75. The fraction of sp³-hybridized carbons (Fsp3) is 0.600. The van der Waals surface area contributed by atoms with Gasteiger partial charge in [0.25, 0.3) is 0 Å². The first-order chi connectivity index (χ1) is 8.00.